The average Bonchev–Trinajstić information content (AvgIpc) is 2.55. The summed E-state index contributed by atoms with van der Waals surface area (Å²) < 4.78 is 6.79. The molecule has 2 aromatic rings. The van der Waals surface area contributed by atoms with E-state index in [0.29, 0.717) is 30.3 Å². The van der Waals surface area contributed by atoms with Crippen molar-refractivity contribution in [1.82, 2.24) is 5.43 Å². The number of carbonyl (C=O) groups excluding carboxylic acids is 1. The van der Waals surface area contributed by atoms with Crippen molar-refractivity contribution >= 4 is 59.9 Å². The topological polar surface area (TPSA) is 70.9 Å². The summed E-state index contributed by atoms with van der Waals surface area (Å²) in [5.41, 5.74) is 3.55. The first-order valence-electron chi connectivity index (χ1n) is 6.28. The second-order valence-corrected chi connectivity index (χ2v) is 6.76. The summed E-state index contributed by atoms with van der Waals surface area (Å²) in [6.07, 6.45) is 1.45. The zero-order valence-electron chi connectivity index (χ0n) is 11.8. The molecule has 0 spiro atoms. The number of methoxy groups -OCH3 is 1. The minimum atomic E-state index is -0.338. The maximum Gasteiger partial charge on any atom is 0.272 e. The molecule has 0 aliphatic rings. The zero-order valence-corrected chi connectivity index (χ0v) is 16.6. The lowest BCUT2D eigenvalue weighted by Gasteiger charge is -2.09. The zero-order chi connectivity index (χ0) is 17.0. The summed E-state index contributed by atoms with van der Waals surface area (Å²) in [6.45, 7) is 0. The van der Waals surface area contributed by atoms with Gasteiger partial charge in [-0.3, -0.25) is 4.79 Å². The van der Waals surface area contributed by atoms with Gasteiger partial charge in [-0.15, -0.1) is 0 Å². The van der Waals surface area contributed by atoms with Gasteiger partial charge in [0.15, 0.2) is 11.5 Å². The van der Waals surface area contributed by atoms with Crippen molar-refractivity contribution in [3.05, 3.63) is 54.9 Å². The summed E-state index contributed by atoms with van der Waals surface area (Å²) in [5, 5.41) is 13.8. The average molecular weight is 507 g/mol. The van der Waals surface area contributed by atoms with Crippen LogP contribution >= 0.6 is 47.8 Å². The molecule has 2 N–H and O–H groups in total. The van der Waals surface area contributed by atoms with Crippen molar-refractivity contribution in [3.63, 3.8) is 0 Å². The highest BCUT2D eigenvalue weighted by atomic mass is 79.9. The number of phenols is 1. The van der Waals surface area contributed by atoms with E-state index in [-0.39, 0.29) is 11.7 Å². The molecule has 1 amide bonds. The first-order valence-corrected chi connectivity index (χ1v) is 8.66. The fourth-order valence-electron chi connectivity index (χ4n) is 1.73. The third kappa shape index (κ3) is 4.13. The van der Waals surface area contributed by atoms with E-state index < -0.39 is 0 Å². The Labute approximate surface area is 158 Å². The third-order valence-electron chi connectivity index (χ3n) is 2.88. The number of halogens is 3. The van der Waals surface area contributed by atoms with Gasteiger partial charge in [0.2, 0.25) is 0 Å². The highest BCUT2D eigenvalue weighted by molar-refractivity contribution is 9.13. The highest BCUT2D eigenvalue weighted by Crippen LogP contribution is 2.41. The Kier molecular flexibility index (Phi) is 6.20. The maximum atomic E-state index is 12.0. The van der Waals surface area contributed by atoms with E-state index in [4.69, 9.17) is 4.74 Å². The summed E-state index contributed by atoms with van der Waals surface area (Å²) >= 11 is 9.91. The highest BCUT2D eigenvalue weighted by Gasteiger charge is 2.14. The van der Waals surface area contributed by atoms with Crippen LogP contribution in [0.15, 0.2) is 48.9 Å². The molecule has 2 rings (SSSR count). The van der Waals surface area contributed by atoms with E-state index in [9.17, 15) is 9.90 Å². The molecule has 5 nitrogen and oxygen atoms in total. The monoisotopic (exact) mass is 504 g/mol. The standard InChI is InChI=1S/C15H11Br3N2O3/c1-23-11-6-8(12(17)13(18)14(11)21)7-19-20-15(22)9-4-2-3-5-10(9)16/h2-7,21H,1H3,(H,20,22). The number of nitrogens with one attached hydrogen (secondary N) is 1. The number of hydrazone groups is 1. The number of carbonyl (C=O) groups is 1. The number of phenolic OH excluding ortho intramolecular Hbond substituents is 1. The molecule has 2 aromatic carbocycles. The molecule has 0 saturated carbocycles. The summed E-state index contributed by atoms with van der Waals surface area (Å²) in [4.78, 5) is 12.0. The van der Waals surface area contributed by atoms with E-state index in [2.05, 4.69) is 58.3 Å². The van der Waals surface area contributed by atoms with Crippen molar-refractivity contribution in [3.8, 4) is 11.5 Å². The summed E-state index contributed by atoms with van der Waals surface area (Å²) in [6, 6.07) is 8.64. The van der Waals surface area contributed by atoms with Gasteiger partial charge < -0.3 is 9.84 Å². The van der Waals surface area contributed by atoms with Gasteiger partial charge in [-0.05, 0) is 66.0 Å². The predicted octanol–water partition coefficient (Wildman–Crippen LogP) is 4.45. The SMILES string of the molecule is COc1cc(C=NNC(=O)c2ccccc2Br)c(Br)c(Br)c1O. The van der Waals surface area contributed by atoms with Gasteiger partial charge in [-0.25, -0.2) is 5.43 Å². The predicted molar refractivity (Wildman–Crippen MR) is 99.3 cm³/mol. The van der Waals surface area contributed by atoms with Crippen LogP contribution in [0.2, 0.25) is 0 Å². The number of benzene rings is 2. The molecule has 0 aliphatic carbocycles. The lowest BCUT2D eigenvalue weighted by molar-refractivity contribution is 0.0954. The second kappa shape index (κ2) is 7.94. The Bertz CT molecular complexity index is 779. The lowest BCUT2D eigenvalue weighted by Crippen LogP contribution is -2.18. The van der Waals surface area contributed by atoms with Crippen LogP contribution in [-0.2, 0) is 0 Å². The molecule has 0 aromatic heterocycles. The second-order valence-electron chi connectivity index (χ2n) is 4.32. The number of hydrogen-bond acceptors (Lipinski definition) is 4. The van der Waals surface area contributed by atoms with Crippen LogP contribution in [0.3, 0.4) is 0 Å². The molecular weight excluding hydrogens is 496 g/mol. The van der Waals surface area contributed by atoms with E-state index in [1.54, 1.807) is 24.3 Å². The largest absolute Gasteiger partial charge is 0.503 e. The molecule has 0 saturated heterocycles. The van der Waals surface area contributed by atoms with Gasteiger partial charge in [0.1, 0.15) is 0 Å². The summed E-state index contributed by atoms with van der Waals surface area (Å²) in [7, 11) is 1.45. The lowest BCUT2D eigenvalue weighted by atomic mass is 10.2. The number of amides is 1. The van der Waals surface area contributed by atoms with E-state index in [0.717, 1.165) is 0 Å². The fraction of sp³-hybridized carbons (Fsp3) is 0.0667. The van der Waals surface area contributed by atoms with Crippen LogP contribution in [-0.4, -0.2) is 24.3 Å². The van der Waals surface area contributed by atoms with Crippen LogP contribution in [0.1, 0.15) is 15.9 Å². The van der Waals surface area contributed by atoms with Crippen LogP contribution in [0.25, 0.3) is 0 Å². The van der Waals surface area contributed by atoms with Crippen LogP contribution in [0.4, 0.5) is 0 Å². The molecule has 120 valence electrons. The maximum absolute atomic E-state index is 12.0. The molecule has 0 aliphatic heterocycles. The van der Waals surface area contributed by atoms with Gasteiger partial charge in [0.25, 0.3) is 5.91 Å². The van der Waals surface area contributed by atoms with Crippen molar-refractivity contribution < 1.29 is 14.6 Å². The normalized spacial score (nSPS) is 10.8. The Balaban J connectivity index is 2.20. The Morgan fingerprint density at radius 1 is 1.26 bits per heavy atom. The molecule has 0 fully saturated rings. The molecule has 0 atom stereocenters. The molecular formula is C15H11Br3N2O3. The van der Waals surface area contributed by atoms with Crippen LogP contribution in [0.5, 0.6) is 11.5 Å². The van der Waals surface area contributed by atoms with Crippen LogP contribution < -0.4 is 10.2 Å². The quantitative estimate of drug-likeness (QED) is 0.475. The van der Waals surface area contributed by atoms with E-state index in [1.165, 1.54) is 13.3 Å². The first-order chi connectivity index (χ1) is 11.0. The van der Waals surface area contributed by atoms with E-state index >= 15 is 0 Å². The molecule has 0 bridgehead atoms. The van der Waals surface area contributed by atoms with E-state index in [1.807, 2.05) is 6.07 Å². The van der Waals surface area contributed by atoms with Gasteiger partial charge in [-0.2, -0.15) is 5.10 Å². The Morgan fingerprint density at radius 2 is 1.96 bits per heavy atom. The molecule has 23 heavy (non-hydrogen) atoms. The first kappa shape index (κ1) is 18.0. The van der Waals surface area contributed by atoms with Crippen molar-refractivity contribution in [2.24, 2.45) is 5.10 Å². The number of aromatic hydroxyl groups is 1. The van der Waals surface area contributed by atoms with Gasteiger partial charge >= 0.3 is 0 Å². The fourth-order valence-corrected chi connectivity index (χ4v) is 3.02. The number of rotatable bonds is 4. The minimum Gasteiger partial charge on any atom is -0.503 e. The molecule has 8 heteroatoms. The van der Waals surface area contributed by atoms with Gasteiger partial charge in [-0.1, -0.05) is 12.1 Å². The smallest absolute Gasteiger partial charge is 0.272 e. The Hall–Kier alpha value is -1.38. The van der Waals surface area contributed by atoms with Gasteiger partial charge in [0, 0.05) is 14.5 Å². The number of hydrogen-bond donors (Lipinski definition) is 2. The Morgan fingerprint density at radius 3 is 2.61 bits per heavy atom. The molecule has 0 heterocycles. The number of ether oxygens (including phenoxy) is 1. The minimum absolute atomic E-state index is 0.0197. The molecule has 0 unspecified atom stereocenters. The van der Waals surface area contributed by atoms with Crippen molar-refractivity contribution in [2.75, 3.05) is 7.11 Å². The van der Waals surface area contributed by atoms with Crippen molar-refractivity contribution in [1.29, 1.82) is 0 Å². The third-order valence-corrected chi connectivity index (χ3v) is 5.73. The molecule has 0 radical (unpaired) electrons. The van der Waals surface area contributed by atoms with Gasteiger partial charge in [0.05, 0.1) is 23.4 Å². The van der Waals surface area contributed by atoms with Crippen molar-refractivity contribution in [2.45, 2.75) is 0 Å². The number of nitrogens with zero attached hydrogens (tertiary/aromatic N) is 1. The van der Waals surface area contributed by atoms with Crippen LogP contribution in [0, 0.1) is 0 Å². The summed E-state index contributed by atoms with van der Waals surface area (Å²) in [5.74, 6) is -0.0675.